The Bertz CT molecular complexity index is 441. The molecule has 0 unspecified atom stereocenters. The van der Waals surface area contributed by atoms with E-state index in [1.165, 1.54) is 0 Å². The Labute approximate surface area is 150 Å². The Morgan fingerprint density at radius 3 is 2.77 bits per heavy atom. The number of halogens is 1. The molecule has 1 saturated heterocycles. The molecule has 1 aliphatic rings. The molecule has 3 N–H and O–H groups in total. The van der Waals surface area contributed by atoms with Crippen molar-refractivity contribution in [3.63, 3.8) is 0 Å². The Morgan fingerprint density at radius 2 is 2.14 bits per heavy atom. The fourth-order valence-electron chi connectivity index (χ4n) is 2.41. The summed E-state index contributed by atoms with van der Waals surface area (Å²) in [6.07, 6.45) is 1.61. The second-order valence-electron chi connectivity index (χ2n) is 5.27. The zero-order valence-corrected chi connectivity index (χ0v) is 15.5. The van der Waals surface area contributed by atoms with Gasteiger partial charge in [-0.2, -0.15) is 0 Å². The van der Waals surface area contributed by atoms with Crippen LogP contribution in [-0.2, 0) is 0 Å². The number of hydrogen-bond donors (Lipinski definition) is 3. The average molecular weight is 418 g/mol. The van der Waals surface area contributed by atoms with Crippen molar-refractivity contribution in [2.75, 3.05) is 38.0 Å². The molecule has 1 aromatic carbocycles. The highest BCUT2D eigenvalue weighted by atomic mass is 127. The number of hydrogen-bond acceptors (Lipinski definition) is 3. The third kappa shape index (κ3) is 6.39. The lowest BCUT2D eigenvalue weighted by Gasteiger charge is -2.20. The van der Waals surface area contributed by atoms with Crippen molar-refractivity contribution in [1.29, 1.82) is 0 Å². The lowest BCUT2D eigenvalue weighted by Crippen LogP contribution is -2.40. The van der Waals surface area contributed by atoms with Crippen molar-refractivity contribution in [2.24, 2.45) is 4.99 Å². The third-order valence-corrected chi connectivity index (χ3v) is 3.50. The molecule has 0 amide bonds. The van der Waals surface area contributed by atoms with E-state index in [0.29, 0.717) is 6.54 Å². The molecule has 0 aliphatic carbocycles. The third-order valence-electron chi connectivity index (χ3n) is 3.50. The molecule has 0 saturated carbocycles. The average Bonchev–Trinajstić information content (AvgIpc) is 2.93. The van der Waals surface area contributed by atoms with Crippen molar-refractivity contribution in [2.45, 2.75) is 25.9 Å². The van der Waals surface area contributed by atoms with Gasteiger partial charge in [0.25, 0.3) is 0 Å². The number of aliphatic hydroxyl groups excluding tert-OH is 1. The molecule has 5 nitrogen and oxygen atoms in total. The van der Waals surface area contributed by atoms with Crippen LogP contribution in [0.3, 0.4) is 0 Å². The number of benzene rings is 1. The first-order valence-electron chi connectivity index (χ1n) is 7.80. The van der Waals surface area contributed by atoms with E-state index in [9.17, 15) is 5.11 Å². The normalized spacial score (nSPS) is 18.0. The van der Waals surface area contributed by atoms with Crippen molar-refractivity contribution >= 4 is 35.6 Å². The van der Waals surface area contributed by atoms with Gasteiger partial charge in [-0.15, -0.1) is 24.0 Å². The fraction of sp³-hybridized carbons (Fsp3) is 0.562. The van der Waals surface area contributed by atoms with Gasteiger partial charge < -0.3 is 20.6 Å². The van der Waals surface area contributed by atoms with Crippen LogP contribution >= 0.6 is 24.0 Å². The summed E-state index contributed by atoms with van der Waals surface area (Å²) in [6, 6.07) is 10.2. The van der Waals surface area contributed by atoms with E-state index in [-0.39, 0.29) is 30.1 Å². The van der Waals surface area contributed by atoms with E-state index in [1.807, 2.05) is 18.2 Å². The number of nitrogens with zero attached hydrogens (tertiary/aromatic N) is 2. The maximum absolute atomic E-state index is 9.62. The standard InChI is InChI=1S/C16H26N4O.HI/c1-2-17-16(20-12-9-15(21)13-20)19-11-6-10-18-14-7-4-3-5-8-14;/h3-5,7-8,15,18,21H,2,6,9-13H2,1H3,(H,17,19);1H/t15-;/m1./s1. The van der Waals surface area contributed by atoms with Gasteiger partial charge in [-0.1, -0.05) is 18.2 Å². The fourth-order valence-corrected chi connectivity index (χ4v) is 2.41. The molecule has 22 heavy (non-hydrogen) atoms. The second kappa shape index (κ2) is 10.7. The molecule has 2 rings (SSSR count). The number of para-hydroxylation sites is 1. The van der Waals surface area contributed by atoms with E-state index in [1.54, 1.807) is 0 Å². The van der Waals surface area contributed by atoms with Gasteiger partial charge in [-0.05, 0) is 31.9 Å². The van der Waals surface area contributed by atoms with Crippen LogP contribution in [0.5, 0.6) is 0 Å². The quantitative estimate of drug-likeness (QED) is 0.287. The SMILES string of the molecule is CCNC(=NCCCNc1ccccc1)N1CC[C@@H](O)C1.I. The van der Waals surface area contributed by atoms with E-state index in [0.717, 1.165) is 50.7 Å². The highest BCUT2D eigenvalue weighted by Crippen LogP contribution is 2.09. The molecule has 1 heterocycles. The Kier molecular flexibility index (Phi) is 9.22. The summed E-state index contributed by atoms with van der Waals surface area (Å²) in [7, 11) is 0. The maximum Gasteiger partial charge on any atom is 0.194 e. The molecule has 0 bridgehead atoms. The Morgan fingerprint density at radius 1 is 1.36 bits per heavy atom. The number of likely N-dealkylation sites (tertiary alicyclic amines) is 1. The second-order valence-corrected chi connectivity index (χ2v) is 5.27. The molecular formula is C16H27IN4O. The molecule has 0 spiro atoms. The van der Waals surface area contributed by atoms with Crippen molar-refractivity contribution in [1.82, 2.24) is 10.2 Å². The number of aliphatic hydroxyl groups is 1. The van der Waals surface area contributed by atoms with Crippen molar-refractivity contribution in [3.05, 3.63) is 30.3 Å². The molecular weight excluding hydrogens is 391 g/mol. The molecule has 0 radical (unpaired) electrons. The smallest absolute Gasteiger partial charge is 0.194 e. The minimum absolute atomic E-state index is 0. The number of anilines is 1. The predicted molar refractivity (Wildman–Crippen MR) is 103 cm³/mol. The number of rotatable bonds is 6. The van der Waals surface area contributed by atoms with Gasteiger partial charge in [0.2, 0.25) is 0 Å². The number of nitrogens with one attached hydrogen (secondary N) is 2. The summed E-state index contributed by atoms with van der Waals surface area (Å²) in [5.41, 5.74) is 1.15. The summed E-state index contributed by atoms with van der Waals surface area (Å²) >= 11 is 0. The summed E-state index contributed by atoms with van der Waals surface area (Å²) < 4.78 is 0. The van der Waals surface area contributed by atoms with Crippen LogP contribution in [0.15, 0.2) is 35.3 Å². The molecule has 6 heteroatoms. The minimum Gasteiger partial charge on any atom is -0.391 e. The van der Waals surface area contributed by atoms with Crippen LogP contribution in [0.25, 0.3) is 0 Å². The largest absolute Gasteiger partial charge is 0.391 e. The lowest BCUT2D eigenvalue weighted by atomic mass is 10.3. The molecule has 1 aliphatic heterocycles. The van der Waals surface area contributed by atoms with E-state index >= 15 is 0 Å². The number of β-amino-alcohol motifs (C(OH)–C–C–N with tert-alkyl or cyclic N) is 1. The number of aliphatic imine (C=N–C) groups is 1. The van der Waals surface area contributed by atoms with Crippen LogP contribution in [0.2, 0.25) is 0 Å². The zero-order valence-electron chi connectivity index (χ0n) is 13.2. The molecule has 1 atom stereocenters. The van der Waals surface area contributed by atoms with Gasteiger partial charge in [0, 0.05) is 38.4 Å². The topological polar surface area (TPSA) is 59.9 Å². The predicted octanol–water partition coefficient (Wildman–Crippen LogP) is 2.14. The molecule has 0 aromatic heterocycles. The van der Waals surface area contributed by atoms with E-state index < -0.39 is 0 Å². The van der Waals surface area contributed by atoms with Crippen LogP contribution < -0.4 is 10.6 Å². The summed E-state index contributed by atoms with van der Waals surface area (Å²) in [4.78, 5) is 6.78. The van der Waals surface area contributed by atoms with Crippen molar-refractivity contribution in [3.8, 4) is 0 Å². The highest BCUT2D eigenvalue weighted by Gasteiger charge is 2.22. The highest BCUT2D eigenvalue weighted by molar-refractivity contribution is 14.0. The van der Waals surface area contributed by atoms with Gasteiger partial charge in [-0.3, -0.25) is 4.99 Å². The zero-order chi connectivity index (χ0) is 14.9. The summed E-state index contributed by atoms with van der Waals surface area (Å²) in [5, 5.41) is 16.3. The van der Waals surface area contributed by atoms with E-state index in [2.05, 4.69) is 39.6 Å². The van der Waals surface area contributed by atoms with E-state index in [4.69, 9.17) is 0 Å². The van der Waals surface area contributed by atoms with Crippen LogP contribution in [0, 0.1) is 0 Å². The van der Waals surface area contributed by atoms with Crippen LogP contribution in [0.4, 0.5) is 5.69 Å². The first-order valence-corrected chi connectivity index (χ1v) is 7.80. The van der Waals surface area contributed by atoms with Gasteiger partial charge in [0.05, 0.1) is 6.10 Å². The maximum atomic E-state index is 9.62. The first-order chi connectivity index (χ1) is 10.3. The summed E-state index contributed by atoms with van der Waals surface area (Å²) in [5.74, 6) is 0.925. The monoisotopic (exact) mass is 418 g/mol. The summed E-state index contributed by atoms with van der Waals surface area (Å²) in [6.45, 7) is 6.19. The Balaban J connectivity index is 0.00000242. The van der Waals surface area contributed by atoms with Gasteiger partial charge in [0.1, 0.15) is 0 Å². The molecule has 124 valence electrons. The van der Waals surface area contributed by atoms with Gasteiger partial charge >= 0.3 is 0 Å². The molecule has 1 fully saturated rings. The van der Waals surface area contributed by atoms with Crippen LogP contribution in [0.1, 0.15) is 19.8 Å². The number of guanidine groups is 1. The minimum atomic E-state index is -0.214. The van der Waals surface area contributed by atoms with Crippen molar-refractivity contribution < 1.29 is 5.11 Å². The van der Waals surface area contributed by atoms with Gasteiger partial charge in [0.15, 0.2) is 5.96 Å². The first kappa shape index (κ1) is 19.0. The lowest BCUT2D eigenvalue weighted by molar-refractivity contribution is 0.188. The van der Waals surface area contributed by atoms with Gasteiger partial charge in [-0.25, -0.2) is 0 Å². The Hall–Kier alpha value is -1.02. The van der Waals surface area contributed by atoms with Crippen LogP contribution in [-0.4, -0.2) is 54.8 Å². The molecule has 1 aromatic rings.